The molecule has 0 atom stereocenters. The van der Waals surface area contributed by atoms with E-state index in [-0.39, 0.29) is 33.0 Å². The molecular weight excluding hydrogens is 635 g/mol. The van der Waals surface area contributed by atoms with Crippen molar-refractivity contribution >= 4 is 27.5 Å². The number of rotatable bonds is 6. The number of primary sulfonamides is 1. The first-order valence-electron chi connectivity index (χ1n) is 12.8. The molecule has 0 aliphatic carbocycles. The molecule has 45 heavy (non-hydrogen) atoms. The monoisotopic (exact) mass is 655 g/mol. The number of nitrogens with zero attached hydrogens (tertiary/aromatic N) is 3. The van der Waals surface area contributed by atoms with Crippen LogP contribution in [0.5, 0.6) is 0 Å². The molecule has 0 radical (unpaired) electrons. The van der Waals surface area contributed by atoms with E-state index in [1.165, 1.54) is 54.6 Å². The Balaban J connectivity index is 1.57. The largest absolute Gasteiger partial charge is 0.471 e. The molecule has 17 heteroatoms. The average molecular weight is 656 g/mol. The number of benzene rings is 3. The molecule has 236 valence electrons. The first-order chi connectivity index (χ1) is 21.0. The summed E-state index contributed by atoms with van der Waals surface area (Å²) in [6, 6.07) is 14.1. The van der Waals surface area contributed by atoms with Gasteiger partial charge in [0, 0.05) is 24.2 Å². The lowest BCUT2D eigenvalue weighted by atomic mass is 10.0. The third-order valence-electron chi connectivity index (χ3n) is 6.94. The second kappa shape index (κ2) is 11.3. The van der Waals surface area contributed by atoms with Crippen LogP contribution in [0.4, 0.5) is 36.4 Å². The van der Waals surface area contributed by atoms with Gasteiger partial charge in [-0.05, 0) is 41.8 Å². The highest BCUT2D eigenvalue weighted by Crippen LogP contribution is 2.38. The number of hydrogen-bond acceptors (Lipinski definition) is 5. The highest BCUT2D eigenvalue weighted by atomic mass is 32.2. The van der Waals surface area contributed by atoms with Crippen molar-refractivity contribution in [1.82, 2.24) is 15.1 Å². The van der Waals surface area contributed by atoms with E-state index < -0.39 is 76.5 Å². The van der Waals surface area contributed by atoms with Crippen LogP contribution in [0.15, 0.2) is 71.6 Å². The zero-order valence-electron chi connectivity index (χ0n) is 22.6. The lowest BCUT2D eigenvalue weighted by Gasteiger charge is -2.28. The van der Waals surface area contributed by atoms with Gasteiger partial charge in [-0.1, -0.05) is 42.5 Å². The average Bonchev–Trinajstić information content (AvgIpc) is 3.37. The van der Waals surface area contributed by atoms with Gasteiger partial charge in [0.1, 0.15) is 11.5 Å². The second-order valence-corrected chi connectivity index (χ2v) is 11.3. The Morgan fingerprint density at radius 2 is 1.62 bits per heavy atom. The molecule has 5 rings (SSSR count). The van der Waals surface area contributed by atoms with Gasteiger partial charge < -0.3 is 10.2 Å². The lowest BCUT2D eigenvalue weighted by molar-refractivity contribution is -0.173. The number of fused-ring (bicyclic) bond motifs is 1. The molecule has 0 saturated carbocycles. The smallest absolute Gasteiger partial charge is 0.344 e. The summed E-state index contributed by atoms with van der Waals surface area (Å²) in [5, 5.41) is 10.5. The van der Waals surface area contributed by atoms with Gasteiger partial charge >= 0.3 is 18.3 Å². The van der Waals surface area contributed by atoms with E-state index in [4.69, 9.17) is 5.14 Å². The summed E-state index contributed by atoms with van der Waals surface area (Å²) in [5.74, 6) is -4.39. The van der Waals surface area contributed by atoms with Crippen molar-refractivity contribution in [1.29, 1.82) is 0 Å². The maximum Gasteiger partial charge on any atom is 0.471 e. The van der Waals surface area contributed by atoms with Crippen molar-refractivity contribution in [3.63, 3.8) is 0 Å². The highest BCUT2D eigenvalue weighted by Gasteiger charge is 2.44. The number of carbonyl (C=O) groups excluding carboxylic acids is 2. The summed E-state index contributed by atoms with van der Waals surface area (Å²) >= 11 is 0. The van der Waals surface area contributed by atoms with Crippen LogP contribution in [0.3, 0.4) is 0 Å². The molecule has 1 aromatic heterocycles. The van der Waals surface area contributed by atoms with Crippen molar-refractivity contribution in [2.75, 3.05) is 11.4 Å². The molecule has 0 saturated heterocycles. The number of nitrogens with two attached hydrogens (primary N) is 1. The predicted octanol–water partition coefficient (Wildman–Crippen LogP) is 4.73. The highest BCUT2D eigenvalue weighted by molar-refractivity contribution is 7.89. The van der Waals surface area contributed by atoms with Gasteiger partial charge in [0.2, 0.25) is 10.0 Å². The van der Waals surface area contributed by atoms with Crippen molar-refractivity contribution in [3.8, 4) is 16.8 Å². The number of sulfonamides is 1. The van der Waals surface area contributed by atoms with Gasteiger partial charge in [0.15, 0.2) is 5.69 Å². The molecule has 0 unspecified atom stereocenters. The van der Waals surface area contributed by atoms with Gasteiger partial charge in [-0.15, -0.1) is 0 Å². The van der Waals surface area contributed by atoms with E-state index >= 15 is 4.39 Å². The molecule has 0 bridgehead atoms. The van der Waals surface area contributed by atoms with Gasteiger partial charge in [-0.25, -0.2) is 22.6 Å². The fourth-order valence-electron chi connectivity index (χ4n) is 4.98. The van der Waals surface area contributed by atoms with Crippen LogP contribution in [0.1, 0.15) is 27.3 Å². The molecule has 1 aliphatic rings. The minimum atomic E-state index is -5.22. The molecule has 1 aliphatic heterocycles. The number of aromatic nitrogens is 2. The Morgan fingerprint density at radius 3 is 2.27 bits per heavy atom. The first kappa shape index (κ1) is 31.6. The number of carbonyl (C=O) groups is 2. The molecule has 3 N–H and O–H groups in total. The van der Waals surface area contributed by atoms with Crippen molar-refractivity contribution in [2.24, 2.45) is 5.14 Å². The van der Waals surface area contributed by atoms with Crippen LogP contribution in [0.2, 0.25) is 0 Å². The topological polar surface area (TPSA) is 127 Å². The normalized spacial score (nSPS) is 14.0. The number of nitrogens with one attached hydrogen (secondary N) is 1. The van der Waals surface area contributed by atoms with Crippen molar-refractivity contribution in [2.45, 2.75) is 30.2 Å². The SMILES string of the molecule is NS(=O)(=O)c1ccccc1-c1ccc(N2CCc3c(C(F)(F)F)nn(-c4ccccc4CNC(=O)C(F)(F)F)c3C2=O)c(F)c1. The molecular formula is C28H20F7N5O4S. The maximum absolute atomic E-state index is 15.5. The van der Waals surface area contributed by atoms with Gasteiger partial charge in [-0.2, -0.15) is 31.4 Å². The number of para-hydroxylation sites is 1. The minimum Gasteiger partial charge on any atom is -0.344 e. The van der Waals surface area contributed by atoms with E-state index in [9.17, 15) is 44.3 Å². The summed E-state index contributed by atoms with van der Waals surface area (Å²) in [7, 11) is -4.20. The van der Waals surface area contributed by atoms with E-state index in [2.05, 4.69) is 5.10 Å². The van der Waals surface area contributed by atoms with E-state index in [1.54, 1.807) is 5.32 Å². The van der Waals surface area contributed by atoms with Gasteiger partial charge in [0.05, 0.1) is 16.3 Å². The number of hydrogen-bond donors (Lipinski definition) is 2. The zero-order valence-corrected chi connectivity index (χ0v) is 23.4. The van der Waals surface area contributed by atoms with Crippen LogP contribution in [-0.2, 0) is 34.0 Å². The molecule has 9 nitrogen and oxygen atoms in total. The Hall–Kier alpha value is -4.77. The maximum atomic E-state index is 15.5. The van der Waals surface area contributed by atoms with Crippen LogP contribution < -0.4 is 15.4 Å². The third kappa shape index (κ3) is 6.12. The van der Waals surface area contributed by atoms with Gasteiger partial charge in [-0.3, -0.25) is 9.59 Å². The van der Waals surface area contributed by atoms with Crippen molar-refractivity contribution in [3.05, 3.63) is 95.1 Å². The Labute approximate surface area is 250 Å². The zero-order chi connectivity index (χ0) is 32.9. The Morgan fingerprint density at radius 1 is 0.956 bits per heavy atom. The quantitative estimate of drug-likeness (QED) is 0.291. The van der Waals surface area contributed by atoms with Crippen LogP contribution in [0.25, 0.3) is 16.8 Å². The lowest BCUT2D eigenvalue weighted by Crippen LogP contribution is -2.39. The number of anilines is 1. The van der Waals surface area contributed by atoms with Crippen molar-refractivity contribution < 1.29 is 48.7 Å². The number of halogens is 7. The van der Waals surface area contributed by atoms with Crippen LogP contribution in [-0.4, -0.2) is 42.7 Å². The summed E-state index contributed by atoms with van der Waals surface area (Å²) in [5.41, 5.74) is -3.02. The molecule has 2 amide bonds. The van der Waals surface area contributed by atoms with E-state index in [0.29, 0.717) is 4.68 Å². The summed E-state index contributed by atoms with van der Waals surface area (Å²) in [4.78, 5) is 25.7. The molecule has 0 fully saturated rings. The summed E-state index contributed by atoms with van der Waals surface area (Å²) < 4.78 is 121. The molecule has 0 spiro atoms. The number of amides is 2. The van der Waals surface area contributed by atoms with E-state index in [1.807, 2.05) is 0 Å². The molecule has 2 heterocycles. The first-order valence-corrected chi connectivity index (χ1v) is 14.4. The minimum absolute atomic E-state index is 0.0693. The summed E-state index contributed by atoms with van der Waals surface area (Å²) in [6.07, 6.45) is -10.7. The Kier molecular flexibility index (Phi) is 7.95. The van der Waals surface area contributed by atoms with Gasteiger partial charge in [0.25, 0.3) is 5.91 Å². The van der Waals surface area contributed by atoms with Crippen LogP contribution in [0, 0.1) is 5.82 Å². The fourth-order valence-corrected chi connectivity index (χ4v) is 5.74. The standard InChI is InChI=1S/C28H20F7N5O4S/c29-19-13-15(17-6-2-4-8-22(17)45(36,43)44)9-10-21(19)39-12-11-18-23(25(39)41)40(38-24(18)27(30,31)32)20-7-3-1-5-16(20)14-37-26(42)28(33,34)35/h1-10,13H,11-12,14H2,(H,37,42)(H2,36,43,44). The molecule has 4 aromatic rings. The third-order valence-corrected chi connectivity index (χ3v) is 7.91. The number of alkyl halides is 6. The predicted molar refractivity (Wildman–Crippen MR) is 145 cm³/mol. The Bertz CT molecular complexity index is 1940. The fraction of sp³-hybridized carbons (Fsp3) is 0.179. The summed E-state index contributed by atoms with van der Waals surface area (Å²) in [6.45, 7) is -1.16. The molecule has 3 aromatic carbocycles. The van der Waals surface area contributed by atoms with Crippen LogP contribution >= 0.6 is 0 Å². The van der Waals surface area contributed by atoms with E-state index in [0.717, 1.165) is 17.0 Å². The second-order valence-electron chi connectivity index (χ2n) is 9.81.